The van der Waals surface area contributed by atoms with Crippen LogP contribution in [0.3, 0.4) is 0 Å². The van der Waals surface area contributed by atoms with E-state index in [2.05, 4.69) is 26.0 Å². The molecule has 0 saturated heterocycles. The summed E-state index contributed by atoms with van der Waals surface area (Å²) >= 11 is 0. The maximum atomic E-state index is 9.11. The lowest BCUT2D eigenvalue weighted by atomic mass is 10.2. The highest BCUT2D eigenvalue weighted by Gasteiger charge is 2.15. The largest absolute Gasteiger partial charge is 0.442 e. The molecule has 3 aromatic rings. The first-order chi connectivity index (χ1) is 7.90. The van der Waals surface area contributed by atoms with Gasteiger partial charge in [0.2, 0.25) is 0 Å². The third-order valence-corrected chi connectivity index (χ3v) is 2.25. The zero-order valence-electron chi connectivity index (χ0n) is 8.01. The molecule has 76 valence electrons. The van der Waals surface area contributed by atoms with Crippen LogP contribution in [0.25, 0.3) is 22.5 Å². The van der Waals surface area contributed by atoms with Crippen LogP contribution in [0.2, 0.25) is 0 Å². The summed E-state index contributed by atoms with van der Waals surface area (Å²) in [6.45, 7) is 0. The van der Waals surface area contributed by atoms with Crippen LogP contribution < -0.4 is 0 Å². The molecule has 0 saturated carbocycles. The number of aromatic nitrogens is 4. The Balaban J connectivity index is 2.38. The Bertz CT molecular complexity index is 677. The fourth-order valence-corrected chi connectivity index (χ4v) is 1.57. The summed E-state index contributed by atoms with van der Waals surface area (Å²) in [5.41, 5.74) is 2.30. The van der Waals surface area contributed by atoms with Gasteiger partial charge in [0.25, 0.3) is 0 Å². The van der Waals surface area contributed by atoms with Crippen LogP contribution in [0.4, 0.5) is 0 Å². The molecule has 0 aliphatic carbocycles. The predicted molar refractivity (Wildman–Crippen MR) is 54.1 cm³/mol. The summed E-state index contributed by atoms with van der Waals surface area (Å²) < 4.78 is 5.15. The number of hydrogen-bond acceptors (Lipinski definition) is 5. The Kier molecular flexibility index (Phi) is 1.71. The monoisotopic (exact) mass is 211 g/mol. The quantitative estimate of drug-likeness (QED) is 0.658. The van der Waals surface area contributed by atoms with Crippen molar-refractivity contribution in [3.8, 4) is 17.5 Å². The molecule has 0 spiro atoms. The molecule has 0 amide bonds. The highest BCUT2D eigenvalue weighted by molar-refractivity contribution is 5.88. The topological polar surface area (TPSA) is 91.4 Å². The summed E-state index contributed by atoms with van der Waals surface area (Å²) in [7, 11) is 0. The summed E-state index contributed by atoms with van der Waals surface area (Å²) in [5, 5.41) is 9.11. The van der Waals surface area contributed by atoms with Gasteiger partial charge >= 0.3 is 0 Å². The van der Waals surface area contributed by atoms with Crippen LogP contribution >= 0.6 is 0 Å². The van der Waals surface area contributed by atoms with Crippen LogP contribution in [0.5, 0.6) is 0 Å². The third-order valence-electron chi connectivity index (χ3n) is 2.25. The van der Waals surface area contributed by atoms with E-state index in [4.69, 9.17) is 9.68 Å². The smallest absolute Gasteiger partial charge is 0.181 e. The van der Waals surface area contributed by atoms with Crippen molar-refractivity contribution >= 4 is 11.0 Å². The second-order valence-electron chi connectivity index (χ2n) is 3.14. The van der Waals surface area contributed by atoms with E-state index < -0.39 is 0 Å². The maximum absolute atomic E-state index is 9.11. The second-order valence-corrected chi connectivity index (χ2v) is 3.14. The van der Waals surface area contributed by atoms with Crippen LogP contribution in [0.1, 0.15) is 5.56 Å². The summed E-state index contributed by atoms with van der Waals surface area (Å²) in [6, 6.07) is 2.10. The molecular formula is C10H5N5O. The van der Waals surface area contributed by atoms with Gasteiger partial charge in [-0.3, -0.25) is 0 Å². The van der Waals surface area contributed by atoms with Gasteiger partial charge < -0.3 is 9.40 Å². The fourth-order valence-electron chi connectivity index (χ4n) is 1.57. The number of fused-ring (bicyclic) bond motifs is 1. The molecule has 0 bridgehead atoms. The van der Waals surface area contributed by atoms with E-state index in [0.717, 1.165) is 0 Å². The standard InChI is InChI=1S/C10H5N5O/c11-1-6-9-7(2-12-4-14-9)15-10(6)8-3-13-5-16-8/h2-5,15H. The van der Waals surface area contributed by atoms with Gasteiger partial charge in [0.1, 0.15) is 29.2 Å². The molecule has 0 radical (unpaired) electrons. The number of H-pyrrole nitrogens is 1. The molecule has 3 heterocycles. The Morgan fingerprint density at radius 1 is 1.31 bits per heavy atom. The Morgan fingerprint density at radius 2 is 2.25 bits per heavy atom. The molecular weight excluding hydrogens is 206 g/mol. The zero-order valence-corrected chi connectivity index (χ0v) is 8.01. The Hall–Kier alpha value is -2.68. The van der Waals surface area contributed by atoms with E-state index in [0.29, 0.717) is 28.1 Å². The van der Waals surface area contributed by atoms with Crippen molar-refractivity contribution in [3.05, 3.63) is 30.7 Å². The molecule has 0 aromatic carbocycles. The van der Waals surface area contributed by atoms with Gasteiger partial charge in [-0.1, -0.05) is 0 Å². The van der Waals surface area contributed by atoms with Crippen LogP contribution in [0, 0.1) is 11.3 Å². The van der Waals surface area contributed by atoms with Crippen LogP contribution in [0.15, 0.2) is 29.5 Å². The molecule has 1 N–H and O–H groups in total. The number of nitrogens with one attached hydrogen (secondary N) is 1. The van der Waals surface area contributed by atoms with Gasteiger partial charge in [0, 0.05) is 0 Å². The molecule has 0 aliphatic rings. The molecule has 0 atom stereocenters. The molecule has 0 fully saturated rings. The van der Waals surface area contributed by atoms with E-state index in [1.165, 1.54) is 12.7 Å². The zero-order chi connectivity index (χ0) is 11.0. The third kappa shape index (κ3) is 1.09. The van der Waals surface area contributed by atoms with E-state index in [1.54, 1.807) is 12.4 Å². The number of nitriles is 1. The lowest BCUT2D eigenvalue weighted by molar-refractivity contribution is 0.570. The molecule has 0 unspecified atom stereocenters. The number of hydrogen-bond donors (Lipinski definition) is 1. The van der Waals surface area contributed by atoms with Gasteiger partial charge in [-0.2, -0.15) is 5.26 Å². The first kappa shape index (κ1) is 8.61. The van der Waals surface area contributed by atoms with E-state index in [-0.39, 0.29) is 0 Å². The lowest BCUT2D eigenvalue weighted by Crippen LogP contribution is -1.79. The number of rotatable bonds is 1. The molecule has 3 aromatic heterocycles. The van der Waals surface area contributed by atoms with Crippen molar-refractivity contribution < 1.29 is 4.42 Å². The first-order valence-electron chi connectivity index (χ1n) is 4.51. The van der Waals surface area contributed by atoms with Crippen molar-refractivity contribution in [2.45, 2.75) is 0 Å². The van der Waals surface area contributed by atoms with E-state index in [1.807, 2.05) is 0 Å². The number of nitrogens with zero attached hydrogens (tertiary/aromatic N) is 4. The number of aromatic amines is 1. The van der Waals surface area contributed by atoms with Gasteiger partial charge in [-0.15, -0.1) is 0 Å². The molecule has 6 heteroatoms. The maximum Gasteiger partial charge on any atom is 0.181 e. The second kappa shape index (κ2) is 3.17. The SMILES string of the molecule is N#Cc1c(-c2cnco2)[nH]c2cncnc12. The predicted octanol–water partition coefficient (Wildman–Crippen LogP) is 1.48. The van der Waals surface area contributed by atoms with Gasteiger partial charge in [-0.25, -0.2) is 15.0 Å². The average Bonchev–Trinajstić information content (AvgIpc) is 2.95. The van der Waals surface area contributed by atoms with Crippen molar-refractivity contribution in [3.63, 3.8) is 0 Å². The Morgan fingerprint density at radius 3 is 3.00 bits per heavy atom. The first-order valence-corrected chi connectivity index (χ1v) is 4.51. The molecule has 3 rings (SSSR count). The highest BCUT2D eigenvalue weighted by atomic mass is 16.3. The molecule has 6 nitrogen and oxygen atoms in total. The van der Waals surface area contributed by atoms with Crippen LogP contribution in [-0.4, -0.2) is 19.9 Å². The van der Waals surface area contributed by atoms with Gasteiger partial charge in [-0.05, 0) is 0 Å². The van der Waals surface area contributed by atoms with Crippen molar-refractivity contribution in [2.24, 2.45) is 0 Å². The normalized spacial score (nSPS) is 10.4. The molecule has 16 heavy (non-hydrogen) atoms. The number of oxazole rings is 1. The minimum atomic E-state index is 0.439. The van der Waals surface area contributed by atoms with Crippen molar-refractivity contribution in [1.29, 1.82) is 5.26 Å². The molecule has 0 aliphatic heterocycles. The van der Waals surface area contributed by atoms with E-state index >= 15 is 0 Å². The summed E-state index contributed by atoms with van der Waals surface area (Å²) in [5.74, 6) is 0.509. The van der Waals surface area contributed by atoms with E-state index in [9.17, 15) is 0 Å². The minimum Gasteiger partial charge on any atom is -0.442 e. The van der Waals surface area contributed by atoms with Gasteiger partial charge in [0.15, 0.2) is 12.2 Å². The van der Waals surface area contributed by atoms with Crippen molar-refractivity contribution in [2.75, 3.05) is 0 Å². The highest BCUT2D eigenvalue weighted by Crippen LogP contribution is 2.27. The lowest BCUT2D eigenvalue weighted by Gasteiger charge is -1.89. The fraction of sp³-hybridized carbons (Fsp3) is 0. The average molecular weight is 211 g/mol. The van der Waals surface area contributed by atoms with Gasteiger partial charge in [0.05, 0.1) is 17.9 Å². The van der Waals surface area contributed by atoms with Crippen LogP contribution in [-0.2, 0) is 0 Å². The summed E-state index contributed by atoms with van der Waals surface area (Å²) in [6.07, 6.45) is 5.87. The van der Waals surface area contributed by atoms with Crippen molar-refractivity contribution in [1.82, 2.24) is 19.9 Å². The Labute approximate surface area is 89.6 Å². The summed E-state index contributed by atoms with van der Waals surface area (Å²) in [4.78, 5) is 14.8. The minimum absolute atomic E-state index is 0.439.